The molecule has 3 rings (SSSR count). The quantitative estimate of drug-likeness (QED) is 0.468. The second-order valence-corrected chi connectivity index (χ2v) is 9.75. The zero-order valence-electron chi connectivity index (χ0n) is 19.4. The van der Waals surface area contributed by atoms with Gasteiger partial charge in [-0.05, 0) is 75.4 Å². The Bertz CT molecular complexity index is 1250. The number of nitrogens with one attached hydrogen (secondary N) is 1. The van der Waals surface area contributed by atoms with Crippen molar-refractivity contribution in [3.05, 3.63) is 78.6 Å². The number of carbonyl (C=O) groups excluding carboxylic acids is 1. The van der Waals surface area contributed by atoms with Crippen LogP contribution in [0.3, 0.4) is 0 Å². The van der Waals surface area contributed by atoms with E-state index in [1.807, 2.05) is 0 Å². The van der Waals surface area contributed by atoms with Gasteiger partial charge < -0.3 is 14.8 Å². The molecule has 0 fully saturated rings. The van der Waals surface area contributed by atoms with Crippen molar-refractivity contribution in [3.63, 3.8) is 0 Å². The zero-order valence-corrected chi connectivity index (χ0v) is 20.2. The molecule has 9 heteroatoms. The van der Waals surface area contributed by atoms with Crippen LogP contribution in [0, 0.1) is 5.82 Å². The van der Waals surface area contributed by atoms with Gasteiger partial charge in [-0.1, -0.05) is 18.2 Å². The maximum atomic E-state index is 13.4. The molecule has 0 aliphatic carbocycles. The first-order valence-corrected chi connectivity index (χ1v) is 12.0. The second-order valence-electron chi connectivity index (χ2n) is 7.89. The van der Waals surface area contributed by atoms with Gasteiger partial charge in [-0.2, -0.15) is 0 Å². The number of methoxy groups -OCH3 is 1. The van der Waals surface area contributed by atoms with E-state index in [0.717, 1.165) is 0 Å². The minimum absolute atomic E-state index is 0.00781. The minimum Gasteiger partial charge on any atom is -0.495 e. The summed E-state index contributed by atoms with van der Waals surface area (Å²) in [6, 6.07) is 18.3. The van der Waals surface area contributed by atoms with Crippen LogP contribution >= 0.6 is 0 Å². The highest BCUT2D eigenvalue weighted by atomic mass is 32.2. The fraction of sp³-hybridized carbons (Fsp3) is 0.240. The molecule has 0 unspecified atom stereocenters. The summed E-state index contributed by atoms with van der Waals surface area (Å²) in [4.78, 5) is 13.0. The molecule has 0 aliphatic heterocycles. The molecule has 0 saturated heterocycles. The van der Waals surface area contributed by atoms with Crippen molar-refractivity contribution in [2.75, 3.05) is 23.3 Å². The number of hydrogen-bond acceptors (Lipinski definition) is 5. The molecule has 3 aromatic rings. The molecule has 0 saturated carbocycles. The van der Waals surface area contributed by atoms with Crippen LogP contribution in [0.5, 0.6) is 11.5 Å². The standard InChI is InChI=1S/C25H27FN2O5S/c1-5-28(19-9-7-6-8-10-19)34(30,31)21-15-16-23(32-4)22(17-21)27-24(29)25(2,3)33-20-13-11-18(26)12-14-20/h6-17H,5H2,1-4H3,(H,27,29). The Morgan fingerprint density at radius 1 is 1.03 bits per heavy atom. The van der Waals surface area contributed by atoms with E-state index in [1.54, 1.807) is 51.1 Å². The average Bonchev–Trinajstić information content (AvgIpc) is 2.81. The van der Waals surface area contributed by atoms with Crippen molar-refractivity contribution in [1.82, 2.24) is 0 Å². The molecule has 180 valence electrons. The van der Waals surface area contributed by atoms with Gasteiger partial charge in [-0.3, -0.25) is 9.10 Å². The molecule has 0 radical (unpaired) electrons. The summed E-state index contributed by atoms with van der Waals surface area (Å²) >= 11 is 0. The Morgan fingerprint density at radius 3 is 2.26 bits per heavy atom. The molecular weight excluding hydrogens is 459 g/mol. The smallest absolute Gasteiger partial charge is 0.268 e. The van der Waals surface area contributed by atoms with E-state index in [4.69, 9.17) is 9.47 Å². The molecule has 7 nitrogen and oxygen atoms in total. The van der Waals surface area contributed by atoms with Gasteiger partial charge in [0.15, 0.2) is 5.60 Å². The van der Waals surface area contributed by atoms with Crippen LogP contribution in [0.15, 0.2) is 77.7 Å². The van der Waals surface area contributed by atoms with Crippen molar-refractivity contribution in [1.29, 1.82) is 0 Å². The zero-order chi connectivity index (χ0) is 24.9. The van der Waals surface area contributed by atoms with Crippen LogP contribution in [-0.2, 0) is 14.8 Å². The lowest BCUT2D eigenvalue weighted by molar-refractivity contribution is -0.128. The number of para-hydroxylation sites is 1. The van der Waals surface area contributed by atoms with Gasteiger partial charge in [-0.15, -0.1) is 0 Å². The predicted octanol–water partition coefficient (Wildman–Crippen LogP) is 4.85. The number of hydrogen-bond donors (Lipinski definition) is 1. The SMILES string of the molecule is CCN(c1ccccc1)S(=O)(=O)c1ccc(OC)c(NC(=O)C(C)(C)Oc2ccc(F)cc2)c1. The first-order chi connectivity index (χ1) is 16.1. The van der Waals surface area contributed by atoms with Gasteiger partial charge in [0, 0.05) is 6.54 Å². The van der Waals surface area contributed by atoms with E-state index in [2.05, 4.69) is 5.32 Å². The van der Waals surface area contributed by atoms with E-state index in [9.17, 15) is 17.6 Å². The molecule has 0 aromatic heterocycles. The minimum atomic E-state index is -3.92. The van der Waals surface area contributed by atoms with Crippen LogP contribution in [0.2, 0.25) is 0 Å². The van der Waals surface area contributed by atoms with Crippen molar-refractivity contribution < 1.29 is 27.1 Å². The second kappa shape index (κ2) is 10.1. The predicted molar refractivity (Wildman–Crippen MR) is 129 cm³/mol. The highest BCUT2D eigenvalue weighted by molar-refractivity contribution is 7.92. The van der Waals surface area contributed by atoms with E-state index in [-0.39, 0.29) is 22.9 Å². The topological polar surface area (TPSA) is 84.9 Å². The number of benzene rings is 3. The van der Waals surface area contributed by atoms with Gasteiger partial charge >= 0.3 is 0 Å². The molecule has 0 bridgehead atoms. The summed E-state index contributed by atoms with van der Waals surface area (Å²) in [7, 11) is -2.50. The monoisotopic (exact) mass is 486 g/mol. The molecule has 34 heavy (non-hydrogen) atoms. The molecule has 1 N–H and O–H groups in total. The molecule has 0 heterocycles. The van der Waals surface area contributed by atoms with Gasteiger partial charge in [0.1, 0.15) is 17.3 Å². The van der Waals surface area contributed by atoms with E-state index < -0.39 is 27.3 Å². The Labute approximate surface area is 199 Å². The first-order valence-electron chi connectivity index (χ1n) is 10.6. The number of sulfonamides is 1. The van der Waals surface area contributed by atoms with Gasteiger partial charge in [0.2, 0.25) is 0 Å². The average molecular weight is 487 g/mol. The number of carbonyl (C=O) groups is 1. The third kappa shape index (κ3) is 5.48. The number of nitrogens with zero attached hydrogens (tertiary/aromatic N) is 1. The normalized spacial score (nSPS) is 11.6. The third-order valence-corrected chi connectivity index (χ3v) is 6.97. The fourth-order valence-corrected chi connectivity index (χ4v) is 4.77. The molecule has 0 spiro atoms. The number of amides is 1. The summed E-state index contributed by atoms with van der Waals surface area (Å²) in [5.74, 6) is -0.368. The maximum Gasteiger partial charge on any atom is 0.268 e. The Morgan fingerprint density at radius 2 is 1.68 bits per heavy atom. The van der Waals surface area contributed by atoms with Crippen LogP contribution in [0.1, 0.15) is 20.8 Å². The van der Waals surface area contributed by atoms with Gasteiger partial charge in [0.25, 0.3) is 15.9 Å². The van der Waals surface area contributed by atoms with Crippen LogP contribution in [-0.4, -0.2) is 33.6 Å². The highest BCUT2D eigenvalue weighted by Crippen LogP contribution is 2.32. The molecule has 0 aliphatic rings. The lowest BCUT2D eigenvalue weighted by Crippen LogP contribution is -2.42. The van der Waals surface area contributed by atoms with Crippen molar-refractivity contribution in [2.24, 2.45) is 0 Å². The number of halogens is 1. The van der Waals surface area contributed by atoms with Crippen molar-refractivity contribution in [3.8, 4) is 11.5 Å². The Balaban J connectivity index is 1.90. The summed E-state index contributed by atoms with van der Waals surface area (Å²) in [5.41, 5.74) is -0.647. The Hall–Kier alpha value is -3.59. The molecular formula is C25H27FN2O5S. The summed E-state index contributed by atoms with van der Waals surface area (Å²) < 4.78 is 52.3. The largest absolute Gasteiger partial charge is 0.495 e. The van der Waals surface area contributed by atoms with E-state index in [0.29, 0.717) is 11.4 Å². The van der Waals surface area contributed by atoms with Gasteiger partial charge in [-0.25, -0.2) is 12.8 Å². The summed E-state index contributed by atoms with van der Waals surface area (Å²) in [5, 5.41) is 2.70. The van der Waals surface area contributed by atoms with Crippen molar-refractivity contribution in [2.45, 2.75) is 31.3 Å². The van der Waals surface area contributed by atoms with E-state index >= 15 is 0 Å². The number of rotatable bonds is 9. The molecule has 3 aromatic carbocycles. The molecule has 0 atom stereocenters. The number of anilines is 2. The van der Waals surface area contributed by atoms with Gasteiger partial charge in [0.05, 0.1) is 23.4 Å². The maximum absolute atomic E-state index is 13.4. The summed E-state index contributed by atoms with van der Waals surface area (Å²) in [6.07, 6.45) is 0. The summed E-state index contributed by atoms with van der Waals surface area (Å²) in [6.45, 7) is 5.06. The lowest BCUT2D eigenvalue weighted by atomic mass is 10.1. The first kappa shape index (κ1) is 25.0. The third-order valence-electron chi connectivity index (χ3n) is 5.07. The highest BCUT2D eigenvalue weighted by Gasteiger charge is 2.32. The van der Waals surface area contributed by atoms with E-state index in [1.165, 1.54) is 53.9 Å². The van der Waals surface area contributed by atoms with Crippen LogP contribution in [0.25, 0.3) is 0 Å². The van der Waals surface area contributed by atoms with Crippen molar-refractivity contribution >= 4 is 27.3 Å². The fourth-order valence-electron chi connectivity index (χ4n) is 3.27. The number of ether oxygens (including phenoxy) is 2. The van der Waals surface area contributed by atoms with Crippen LogP contribution in [0.4, 0.5) is 15.8 Å². The Kier molecular flexibility index (Phi) is 7.46. The molecule has 1 amide bonds. The lowest BCUT2D eigenvalue weighted by Gasteiger charge is -2.26. The van der Waals surface area contributed by atoms with Crippen LogP contribution < -0.4 is 19.1 Å².